The Hall–Kier alpha value is -0.650. The standard InChI is InChI=1S/C15H28N2O3/c1-5-16-15(12-6-7-12,13(18)19-4)11-17-8-9-20-14(2,3)10-17/h12,16H,5-11H2,1-4H3. The van der Waals surface area contributed by atoms with Crippen LogP contribution in [-0.4, -0.2) is 61.9 Å². The minimum absolute atomic E-state index is 0.119. The summed E-state index contributed by atoms with van der Waals surface area (Å²) in [7, 11) is 1.49. The zero-order valence-electron chi connectivity index (χ0n) is 13.2. The number of nitrogens with zero attached hydrogens (tertiary/aromatic N) is 1. The number of ether oxygens (including phenoxy) is 2. The van der Waals surface area contributed by atoms with Crippen molar-refractivity contribution >= 4 is 5.97 Å². The van der Waals surface area contributed by atoms with E-state index in [0.29, 0.717) is 12.5 Å². The molecule has 1 saturated carbocycles. The number of esters is 1. The van der Waals surface area contributed by atoms with Crippen molar-refractivity contribution in [2.75, 3.05) is 39.9 Å². The van der Waals surface area contributed by atoms with E-state index in [1.807, 2.05) is 6.92 Å². The molecule has 0 spiro atoms. The highest BCUT2D eigenvalue weighted by Crippen LogP contribution is 2.41. The first-order valence-electron chi connectivity index (χ1n) is 7.63. The SMILES string of the molecule is CCNC(CN1CCOC(C)(C)C1)(C(=O)OC)C1CC1. The maximum atomic E-state index is 12.4. The van der Waals surface area contributed by atoms with E-state index in [1.54, 1.807) is 0 Å². The summed E-state index contributed by atoms with van der Waals surface area (Å²) in [5, 5.41) is 3.43. The fraction of sp³-hybridized carbons (Fsp3) is 0.933. The molecule has 1 aliphatic carbocycles. The van der Waals surface area contributed by atoms with Crippen molar-refractivity contribution in [1.82, 2.24) is 10.2 Å². The fourth-order valence-corrected chi connectivity index (χ4v) is 3.31. The summed E-state index contributed by atoms with van der Waals surface area (Å²) in [6.45, 7) is 10.2. The van der Waals surface area contributed by atoms with Crippen LogP contribution in [0.25, 0.3) is 0 Å². The molecule has 5 nitrogen and oxygen atoms in total. The molecule has 2 rings (SSSR count). The average molecular weight is 284 g/mol. The van der Waals surface area contributed by atoms with Crippen molar-refractivity contribution in [3.05, 3.63) is 0 Å². The van der Waals surface area contributed by atoms with Gasteiger partial charge in [0.2, 0.25) is 0 Å². The molecular weight excluding hydrogens is 256 g/mol. The largest absolute Gasteiger partial charge is 0.468 e. The monoisotopic (exact) mass is 284 g/mol. The van der Waals surface area contributed by atoms with Gasteiger partial charge in [-0.15, -0.1) is 0 Å². The summed E-state index contributed by atoms with van der Waals surface area (Å²) in [5.74, 6) is 0.284. The van der Waals surface area contributed by atoms with E-state index in [9.17, 15) is 4.79 Å². The molecule has 2 aliphatic rings. The Morgan fingerprint density at radius 3 is 2.70 bits per heavy atom. The summed E-state index contributed by atoms with van der Waals surface area (Å²) < 4.78 is 10.9. The van der Waals surface area contributed by atoms with Crippen LogP contribution >= 0.6 is 0 Å². The van der Waals surface area contributed by atoms with Crippen LogP contribution in [0.1, 0.15) is 33.6 Å². The number of nitrogens with one attached hydrogen (secondary N) is 1. The second-order valence-corrected chi connectivity index (χ2v) is 6.59. The third-order valence-electron chi connectivity index (χ3n) is 4.29. The van der Waals surface area contributed by atoms with Crippen LogP contribution in [0.15, 0.2) is 0 Å². The summed E-state index contributed by atoms with van der Waals surface area (Å²) in [6.07, 6.45) is 2.21. The molecule has 2 fully saturated rings. The Morgan fingerprint density at radius 1 is 1.50 bits per heavy atom. The van der Waals surface area contributed by atoms with Gasteiger partial charge in [-0.25, -0.2) is 4.79 Å². The molecule has 5 heteroatoms. The second kappa shape index (κ2) is 6.00. The topological polar surface area (TPSA) is 50.8 Å². The van der Waals surface area contributed by atoms with Crippen LogP contribution in [0.5, 0.6) is 0 Å². The Balaban J connectivity index is 2.12. The molecule has 0 radical (unpaired) electrons. The molecule has 0 aromatic rings. The van der Waals surface area contributed by atoms with Crippen molar-refractivity contribution < 1.29 is 14.3 Å². The molecule has 20 heavy (non-hydrogen) atoms. The van der Waals surface area contributed by atoms with Gasteiger partial charge in [-0.1, -0.05) is 6.92 Å². The van der Waals surface area contributed by atoms with Gasteiger partial charge in [-0.3, -0.25) is 4.90 Å². The molecule has 0 amide bonds. The van der Waals surface area contributed by atoms with Crippen molar-refractivity contribution in [2.45, 2.75) is 44.8 Å². The lowest BCUT2D eigenvalue weighted by Gasteiger charge is -2.43. The summed E-state index contributed by atoms with van der Waals surface area (Å²) in [5.41, 5.74) is -0.688. The molecule has 0 bridgehead atoms. The second-order valence-electron chi connectivity index (χ2n) is 6.59. The number of rotatable bonds is 6. The molecule has 1 heterocycles. The first-order chi connectivity index (χ1) is 9.43. The highest BCUT2D eigenvalue weighted by molar-refractivity contribution is 5.82. The van der Waals surface area contributed by atoms with Gasteiger partial charge in [-0.05, 0) is 39.2 Å². The van der Waals surface area contributed by atoms with E-state index in [2.05, 4.69) is 24.1 Å². The maximum Gasteiger partial charge on any atom is 0.327 e. The maximum absolute atomic E-state index is 12.4. The first kappa shape index (κ1) is 15.7. The van der Waals surface area contributed by atoms with Gasteiger partial charge in [-0.2, -0.15) is 0 Å². The lowest BCUT2D eigenvalue weighted by molar-refractivity contribution is -0.153. The Morgan fingerprint density at radius 2 is 2.20 bits per heavy atom. The first-order valence-corrected chi connectivity index (χ1v) is 7.63. The van der Waals surface area contributed by atoms with E-state index >= 15 is 0 Å². The predicted octanol–water partition coefficient (Wildman–Crippen LogP) is 1.03. The highest BCUT2D eigenvalue weighted by atomic mass is 16.5. The van der Waals surface area contributed by atoms with Gasteiger partial charge in [0.25, 0.3) is 0 Å². The van der Waals surface area contributed by atoms with Crippen molar-refractivity contribution in [2.24, 2.45) is 5.92 Å². The molecule has 0 aromatic heterocycles. The summed E-state index contributed by atoms with van der Waals surface area (Å²) in [4.78, 5) is 14.7. The van der Waals surface area contributed by atoms with E-state index in [1.165, 1.54) is 7.11 Å². The number of hydrogen-bond acceptors (Lipinski definition) is 5. The number of carbonyl (C=O) groups excluding carboxylic acids is 1. The Labute approximate surface area is 122 Å². The molecule has 116 valence electrons. The predicted molar refractivity (Wildman–Crippen MR) is 77.6 cm³/mol. The van der Waals surface area contributed by atoms with Gasteiger partial charge in [0, 0.05) is 19.6 Å². The average Bonchev–Trinajstić information content (AvgIpc) is 3.20. The molecular formula is C15H28N2O3. The van der Waals surface area contributed by atoms with Crippen LogP contribution in [0.4, 0.5) is 0 Å². The van der Waals surface area contributed by atoms with Gasteiger partial charge >= 0.3 is 5.97 Å². The van der Waals surface area contributed by atoms with Crippen molar-refractivity contribution in [3.8, 4) is 0 Å². The number of methoxy groups -OCH3 is 1. The molecule has 1 unspecified atom stereocenters. The van der Waals surface area contributed by atoms with E-state index in [-0.39, 0.29) is 11.6 Å². The molecule has 1 aliphatic heterocycles. The number of carbonyl (C=O) groups is 1. The van der Waals surface area contributed by atoms with E-state index in [4.69, 9.17) is 9.47 Å². The number of hydrogen-bond donors (Lipinski definition) is 1. The van der Waals surface area contributed by atoms with E-state index in [0.717, 1.165) is 39.1 Å². The van der Waals surface area contributed by atoms with Gasteiger partial charge in [0.1, 0.15) is 5.54 Å². The van der Waals surface area contributed by atoms with Crippen molar-refractivity contribution in [3.63, 3.8) is 0 Å². The lowest BCUT2D eigenvalue weighted by atomic mass is 9.91. The number of likely N-dealkylation sites (N-methyl/N-ethyl adjacent to an activating group) is 1. The molecule has 1 atom stereocenters. The molecule has 1 N–H and O–H groups in total. The van der Waals surface area contributed by atoms with Crippen LogP contribution in [0, 0.1) is 5.92 Å². The Bertz CT molecular complexity index is 355. The van der Waals surface area contributed by atoms with Gasteiger partial charge < -0.3 is 14.8 Å². The zero-order chi connectivity index (χ0) is 14.8. The fourth-order valence-electron chi connectivity index (χ4n) is 3.31. The molecule has 0 aromatic carbocycles. The van der Waals surface area contributed by atoms with E-state index < -0.39 is 5.54 Å². The smallest absolute Gasteiger partial charge is 0.327 e. The minimum atomic E-state index is -0.545. The normalized spacial score (nSPS) is 26.0. The quantitative estimate of drug-likeness (QED) is 0.738. The van der Waals surface area contributed by atoms with Crippen LogP contribution in [-0.2, 0) is 14.3 Å². The lowest BCUT2D eigenvalue weighted by Crippen LogP contribution is -2.63. The Kier molecular flexibility index (Phi) is 4.72. The minimum Gasteiger partial charge on any atom is -0.468 e. The van der Waals surface area contributed by atoms with Gasteiger partial charge in [0.05, 0.1) is 19.3 Å². The summed E-state index contributed by atoms with van der Waals surface area (Å²) in [6, 6.07) is 0. The van der Waals surface area contributed by atoms with Crippen LogP contribution in [0.3, 0.4) is 0 Å². The third-order valence-corrected chi connectivity index (χ3v) is 4.29. The van der Waals surface area contributed by atoms with Crippen LogP contribution < -0.4 is 5.32 Å². The van der Waals surface area contributed by atoms with Crippen LogP contribution in [0.2, 0.25) is 0 Å². The summed E-state index contributed by atoms with van der Waals surface area (Å²) >= 11 is 0. The third kappa shape index (κ3) is 3.32. The molecule has 1 saturated heterocycles. The zero-order valence-corrected chi connectivity index (χ0v) is 13.2. The number of morpholine rings is 1. The van der Waals surface area contributed by atoms with Gasteiger partial charge in [0.15, 0.2) is 0 Å². The van der Waals surface area contributed by atoms with Crippen molar-refractivity contribution in [1.29, 1.82) is 0 Å². The highest BCUT2D eigenvalue weighted by Gasteiger charge is 2.52.